The van der Waals surface area contributed by atoms with Crippen molar-refractivity contribution < 1.29 is 23.6 Å². The standard InChI is InChI=1S/C34H25N8O5P4/c35-26-48-39-50(27-36,28-37)42(45-32-20-10-3-11-21-32)51(29-38,47-34-24-14-5-15-25-34)41(44-31-18-8-2-9-19-31)49(46-33-22-12-4-13-23-33)40(48)43-30-16-6-1-7-17-30/h1-25H/q+1. The zero-order chi connectivity index (χ0) is 35.5. The molecule has 5 aromatic rings. The molecule has 0 saturated heterocycles. The summed E-state index contributed by atoms with van der Waals surface area (Å²) in [6.45, 7) is 0. The Hall–Kier alpha value is -5.54. The van der Waals surface area contributed by atoms with Crippen molar-refractivity contribution in [3.05, 3.63) is 152 Å². The van der Waals surface area contributed by atoms with Crippen molar-refractivity contribution in [2.24, 2.45) is 4.52 Å². The van der Waals surface area contributed by atoms with Gasteiger partial charge in [-0.05, 0) is 65.3 Å². The lowest BCUT2D eigenvalue weighted by Gasteiger charge is -2.40. The van der Waals surface area contributed by atoms with Gasteiger partial charge in [-0.1, -0.05) is 91.0 Å². The molecule has 0 aromatic heterocycles. The van der Waals surface area contributed by atoms with Crippen LogP contribution in [0.3, 0.4) is 0 Å². The Morgan fingerprint density at radius 1 is 0.549 bits per heavy atom. The Labute approximate surface area is 297 Å². The predicted octanol–water partition coefficient (Wildman–Crippen LogP) is 10.4. The van der Waals surface area contributed by atoms with Crippen LogP contribution >= 0.6 is 31.7 Å². The summed E-state index contributed by atoms with van der Waals surface area (Å²) < 4.78 is 21.2. The molecule has 0 radical (unpaired) electrons. The molecule has 3 atom stereocenters. The highest BCUT2D eigenvalue weighted by atomic mass is 31.3. The summed E-state index contributed by atoms with van der Waals surface area (Å²) in [5.74, 6) is 9.61. The highest BCUT2D eigenvalue weighted by Crippen LogP contribution is 2.84. The van der Waals surface area contributed by atoms with Crippen LogP contribution in [-0.2, 0) is 0 Å². The van der Waals surface area contributed by atoms with E-state index >= 15 is 0 Å². The number of rotatable bonds is 10. The maximum Gasteiger partial charge on any atom is 0.525 e. The lowest BCUT2D eigenvalue weighted by molar-refractivity contribution is 0.0433. The fraction of sp³-hybridized carbons (Fsp3) is 0. The van der Waals surface area contributed by atoms with Gasteiger partial charge in [0.2, 0.25) is 8.22 Å². The minimum absolute atomic E-state index is 0.158. The van der Waals surface area contributed by atoms with E-state index in [4.69, 9.17) is 23.6 Å². The van der Waals surface area contributed by atoms with Gasteiger partial charge in [0.05, 0.1) is 0 Å². The predicted molar refractivity (Wildman–Crippen MR) is 193 cm³/mol. The average Bonchev–Trinajstić information content (AvgIpc) is 3.19. The first-order valence-electron chi connectivity index (χ1n) is 14.9. The third kappa shape index (κ3) is 7.79. The summed E-state index contributed by atoms with van der Waals surface area (Å²) in [5.41, 5.74) is 0. The van der Waals surface area contributed by atoms with Crippen molar-refractivity contribution in [3.8, 4) is 52.0 Å². The van der Waals surface area contributed by atoms with Gasteiger partial charge in [0.25, 0.3) is 0 Å². The molecule has 6 rings (SSSR count). The molecule has 3 unspecified atom stereocenters. The van der Waals surface area contributed by atoms with Gasteiger partial charge in [0.1, 0.15) is 38.1 Å². The highest BCUT2D eigenvalue weighted by Gasteiger charge is 2.74. The minimum atomic E-state index is -4.52. The molecule has 5 aromatic carbocycles. The average molecular weight is 750 g/mol. The molecule has 13 nitrogen and oxygen atoms in total. The SMILES string of the molecule is N#CP1N=P(C#N)(C#N)N(Oc2ccccc2)[P+](C#N)(Oc2ccccc2)N(Oc2ccccc2)P(Oc2ccccc2)N1Oc1ccccc1. The second-order valence-corrected chi connectivity index (χ2v) is 18.3. The zero-order valence-electron chi connectivity index (χ0n) is 26.3. The molecule has 0 saturated carbocycles. The number of hydrogen-bond acceptors (Lipinski definition) is 13. The van der Waals surface area contributed by atoms with Gasteiger partial charge >= 0.3 is 29.3 Å². The van der Waals surface area contributed by atoms with E-state index in [1.165, 1.54) is 0 Å². The van der Waals surface area contributed by atoms with E-state index in [-0.39, 0.29) is 23.0 Å². The molecule has 0 amide bonds. The molecule has 0 aliphatic carbocycles. The van der Waals surface area contributed by atoms with Gasteiger partial charge in [-0.25, -0.2) is 0 Å². The van der Waals surface area contributed by atoms with Crippen LogP contribution in [0.15, 0.2) is 156 Å². The normalized spacial score (nSPS) is 20.2. The first kappa shape index (κ1) is 35.3. The Morgan fingerprint density at radius 2 is 0.980 bits per heavy atom. The van der Waals surface area contributed by atoms with Gasteiger partial charge in [0.15, 0.2) is 17.2 Å². The van der Waals surface area contributed by atoms with Crippen molar-refractivity contribution >= 4 is 31.7 Å². The third-order valence-electron chi connectivity index (χ3n) is 6.58. The molecule has 250 valence electrons. The van der Waals surface area contributed by atoms with Crippen molar-refractivity contribution in [1.82, 2.24) is 13.8 Å². The maximum absolute atomic E-state index is 11.5. The molecular formula is C34H25N8O5P4+. The van der Waals surface area contributed by atoms with Gasteiger partial charge in [0, 0.05) is 0 Å². The van der Waals surface area contributed by atoms with Crippen LogP contribution in [0.2, 0.25) is 0 Å². The number of benzene rings is 5. The van der Waals surface area contributed by atoms with E-state index in [0.29, 0.717) is 5.75 Å². The molecule has 0 spiro atoms. The Morgan fingerprint density at radius 3 is 1.43 bits per heavy atom. The summed E-state index contributed by atoms with van der Waals surface area (Å²) >= 11 is 0. The smallest absolute Gasteiger partial charge is 0.438 e. The Bertz CT molecular complexity index is 2130. The molecule has 0 N–H and O–H groups in total. The van der Waals surface area contributed by atoms with Crippen molar-refractivity contribution in [3.63, 3.8) is 0 Å². The molecule has 1 heterocycles. The van der Waals surface area contributed by atoms with Crippen LogP contribution in [-0.4, -0.2) is 13.8 Å². The molecular weight excluding hydrogens is 724 g/mol. The summed E-state index contributed by atoms with van der Waals surface area (Å²) in [6, 6.07) is 42.3. The van der Waals surface area contributed by atoms with Gasteiger partial charge < -0.3 is 19.0 Å². The van der Waals surface area contributed by atoms with Crippen LogP contribution in [0.4, 0.5) is 0 Å². The fourth-order valence-corrected chi connectivity index (χ4v) is 14.9. The molecule has 17 heteroatoms. The molecule has 0 fully saturated rings. The van der Waals surface area contributed by atoms with Gasteiger partial charge in [-0.3, -0.25) is 4.52 Å². The van der Waals surface area contributed by atoms with Crippen molar-refractivity contribution in [1.29, 1.82) is 21.0 Å². The second kappa shape index (κ2) is 16.4. The number of nitrogens with zero attached hydrogens (tertiary/aromatic N) is 8. The highest BCUT2D eigenvalue weighted by molar-refractivity contribution is 7.93. The maximum atomic E-state index is 11.5. The van der Waals surface area contributed by atoms with E-state index in [9.17, 15) is 21.0 Å². The largest absolute Gasteiger partial charge is 0.525 e. The van der Waals surface area contributed by atoms with Crippen molar-refractivity contribution in [2.45, 2.75) is 0 Å². The summed E-state index contributed by atoms with van der Waals surface area (Å²) in [6.07, 6.45) is 0. The van der Waals surface area contributed by atoms with E-state index < -0.39 is 31.7 Å². The van der Waals surface area contributed by atoms with Gasteiger partial charge in [-0.15, -0.1) is 5.26 Å². The monoisotopic (exact) mass is 749 g/mol. The molecule has 0 bridgehead atoms. The number of nitriles is 4. The topological polar surface area (TPSA) is 163 Å². The molecule has 51 heavy (non-hydrogen) atoms. The first-order valence-corrected chi connectivity index (χ1v) is 20.6. The summed E-state index contributed by atoms with van der Waals surface area (Å²) in [5, 5.41) is 44.2. The lowest BCUT2D eigenvalue weighted by atomic mass is 10.3. The van der Waals surface area contributed by atoms with Gasteiger partial charge in [-0.2, -0.15) is 20.3 Å². The quantitative estimate of drug-likeness (QED) is 0.124. The van der Waals surface area contributed by atoms with E-state index in [0.717, 1.165) is 13.8 Å². The van der Waals surface area contributed by atoms with Crippen LogP contribution < -0.4 is 23.6 Å². The zero-order valence-corrected chi connectivity index (χ0v) is 29.9. The lowest BCUT2D eigenvalue weighted by Crippen LogP contribution is -2.42. The first-order chi connectivity index (χ1) is 25.0. The Balaban J connectivity index is 1.72. The number of hydrogen-bond donors (Lipinski definition) is 0. The van der Waals surface area contributed by atoms with E-state index in [1.54, 1.807) is 152 Å². The number of para-hydroxylation sites is 5. The fourth-order valence-electron chi connectivity index (χ4n) is 4.32. The second-order valence-electron chi connectivity index (χ2n) is 9.96. The molecule has 1 aliphatic heterocycles. The van der Waals surface area contributed by atoms with Crippen LogP contribution in [0.1, 0.15) is 0 Å². The Kier molecular flexibility index (Phi) is 11.4. The van der Waals surface area contributed by atoms with Crippen LogP contribution in [0.5, 0.6) is 28.7 Å². The van der Waals surface area contributed by atoms with Crippen molar-refractivity contribution in [2.75, 3.05) is 0 Å². The minimum Gasteiger partial charge on any atom is -0.438 e. The third-order valence-corrected chi connectivity index (χ3v) is 16.6. The summed E-state index contributed by atoms with van der Waals surface area (Å²) in [4.78, 5) is 19.4. The summed E-state index contributed by atoms with van der Waals surface area (Å²) in [7, 11) is -14.1. The van der Waals surface area contributed by atoms with E-state index in [1.807, 2.05) is 11.6 Å². The molecule has 1 aliphatic rings. The van der Waals surface area contributed by atoms with Crippen LogP contribution in [0.25, 0.3) is 0 Å². The van der Waals surface area contributed by atoms with E-state index in [2.05, 4.69) is 16.1 Å². The van der Waals surface area contributed by atoms with Crippen LogP contribution in [0, 0.1) is 44.3 Å².